The molecule has 0 aliphatic carbocycles. The zero-order chi connectivity index (χ0) is 18.1. The van der Waals surface area contributed by atoms with Gasteiger partial charge in [0, 0.05) is 68.6 Å². The lowest BCUT2D eigenvalue weighted by Crippen LogP contribution is -2.42. The van der Waals surface area contributed by atoms with Crippen molar-refractivity contribution in [2.75, 3.05) is 45.9 Å². The second kappa shape index (κ2) is 7.44. The van der Waals surface area contributed by atoms with Crippen molar-refractivity contribution >= 4 is 11.6 Å². The number of fused-ring (bicyclic) bond motifs is 1. The van der Waals surface area contributed by atoms with Crippen LogP contribution in [0.1, 0.15) is 11.3 Å². The molecule has 2 aliphatic heterocycles. The van der Waals surface area contributed by atoms with Crippen LogP contribution in [0.4, 0.5) is 0 Å². The molecule has 0 atom stereocenters. The highest BCUT2D eigenvalue weighted by molar-refractivity contribution is 6.32. The van der Waals surface area contributed by atoms with Gasteiger partial charge in [0.15, 0.2) is 0 Å². The minimum Gasteiger partial charge on any atom is -0.507 e. The number of benzene rings is 1. The van der Waals surface area contributed by atoms with Gasteiger partial charge in [0.1, 0.15) is 17.2 Å². The summed E-state index contributed by atoms with van der Waals surface area (Å²) < 4.78 is 5.40. The molecular formula is C18H23ClN4O3. The maximum atomic E-state index is 10.2. The van der Waals surface area contributed by atoms with Crippen LogP contribution in [-0.4, -0.2) is 76.1 Å². The fourth-order valence-corrected chi connectivity index (χ4v) is 3.78. The fraction of sp³-hybridized carbons (Fsp3) is 0.500. The molecule has 3 heterocycles. The van der Waals surface area contributed by atoms with E-state index in [4.69, 9.17) is 16.3 Å². The summed E-state index contributed by atoms with van der Waals surface area (Å²) in [5.41, 5.74) is 3.44. The van der Waals surface area contributed by atoms with Gasteiger partial charge in [0.05, 0.1) is 18.2 Å². The monoisotopic (exact) mass is 378 g/mol. The molecule has 7 nitrogen and oxygen atoms in total. The van der Waals surface area contributed by atoms with Crippen LogP contribution in [0.2, 0.25) is 5.02 Å². The van der Waals surface area contributed by atoms with Crippen molar-refractivity contribution in [1.29, 1.82) is 0 Å². The summed E-state index contributed by atoms with van der Waals surface area (Å²) in [6.07, 6.45) is 0.901. The van der Waals surface area contributed by atoms with Crippen LogP contribution in [-0.2, 0) is 17.7 Å². The Balaban J connectivity index is 1.50. The average Bonchev–Trinajstić information content (AvgIpc) is 3.07. The first-order valence-corrected chi connectivity index (χ1v) is 9.30. The summed E-state index contributed by atoms with van der Waals surface area (Å²) in [5, 5.41) is 27.6. The molecule has 3 N–H and O–H groups in total. The Labute approximate surface area is 157 Å². The Kier molecular flexibility index (Phi) is 5.04. The SMILES string of the molecule is Oc1cc(O)c(-c2n[nH]c3c2CN(CCN2CCOCC2)CC3)cc1Cl. The quantitative estimate of drug-likeness (QED) is 0.752. The van der Waals surface area contributed by atoms with Gasteiger partial charge in [-0.25, -0.2) is 0 Å². The van der Waals surface area contributed by atoms with E-state index < -0.39 is 0 Å². The fourth-order valence-electron chi connectivity index (χ4n) is 3.61. The van der Waals surface area contributed by atoms with Crippen molar-refractivity contribution in [2.24, 2.45) is 0 Å². The van der Waals surface area contributed by atoms with Crippen molar-refractivity contribution in [1.82, 2.24) is 20.0 Å². The number of hydrogen-bond acceptors (Lipinski definition) is 6. The van der Waals surface area contributed by atoms with Crippen molar-refractivity contribution in [3.8, 4) is 22.8 Å². The van der Waals surface area contributed by atoms with E-state index in [2.05, 4.69) is 20.0 Å². The molecule has 1 aromatic carbocycles. The Morgan fingerprint density at radius 2 is 1.85 bits per heavy atom. The minimum absolute atomic E-state index is 0.0216. The largest absolute Gasteiger partial charge is 0.507 e. The molecule has 0 radical (unpaired) electrons. The molecule has 4 rings (SSSR count). The summed E-state index contributed by atoms with van der Waals surface area (Å²) in [4.78, 5) is 4.84. The van der Waals surface area contributed by atoms with E-state index in [1.54, 1.807) is 6.07 Å². The number of aromatic amines is 1. The van der Waals surface area contributed by atoms with Crippen LogP contribution < -0.4 is 0 Å². The van der Waals surface area contributed by atoms with Gasteiger partial charge in [0.25, 0.3) is 0 Å². The van der Waals surface area contributed by atoms with Crippen LogP contribution in [0.5, 0.6) is 11.5 Å². The van der Waals surface area contributed by atoms with Crippen LogP contribution in [0.25, 0.3) is 11.3 Å². The number of morpholine rings is 1. The van der Waals surface area contributed by atoms with Crippen LogP contribution in [0.15, 0.2) is 12.1 Å². The summed E-state index contributed by atoms with van der Waals surface area (Å²) in [6.45, 7) is 7.42. The number of nitrogens with zero attached hydrogens (tertiary/aromatic N) is 3. The second-order valence-electron chi connectivity index (χ2n) is 6.83. The van der Waals surface area contributed by atoms with Gasteiger partial charge in [-0.1, -0.05) is 11.6 Å². The third kappa shape index (κ3) is 3.53. The summed E-state index contributed by atoms with van der Waals surface area (Å²) >= 11 is 6.03. The van der Waals surface area contributed by atoms with Crippen LogP contribution in [0.3, 0.4) is 0 Å². The predicted molar refractivity (Wildman–Crippen MR) is 98.6 cm³/mol. The number of nitrogens with one attached hydrogen (secondary N) is 1. The predicted octanol–water partition coefficient (Wildman–Crippen LogP) is 1.83. The molecule has 140 valence electrons. The molecule has 0 amide bonds. The molecule has 2 aromatic rings. The van der Waals surface area contributed by atoms with E-state index in [1.807, 2.05) is 0 Å². The van der Waals surface area contributed by atoms with Gasteiger partial charge in [-0.15, -0.1) is 0 Å². The van der Waals surface area contributed by atoms with Crippen molar-refractivity contribution < 1.29 is 14.9 Å². The molecule has 26 heavy (non-hydrogen) atoms. The zero-order valence-corrected chi connectivity index (χ0v) is 15.3. The lowest BCUT2D eigenvalue weighted by atomic mass is 10.00. The van der Waals surface area contributed by atoms with E-state index in [0.29, 0.717) is 11.3 Å². The molecule has 1 aromatic heterocycles. The Bertz CT molecular complexity index is 789. The lowest BCUT2D eigenvalue weighted by Gasteiger charge is -2.31. The summed E-state index contributed by atoms with van der Waals surface area (Å²) in [6, 6.07) is 2.83. The van der Waals surface area contributed by atoms with E-state index in [1.165, 1.54) is 6.07 Å². The van der Waals surface area contributed by atoms with Gasteiger partial charge < -0.3 is 14.9 Å². The van der Waals surface area contributed by atoms with E-state index in [9.17, 15) is 10.2 Å². The summed E-state index contributed by atoms with van der Waals surface area (Å²) in [7, 11) is 0. The molecule has 2 aliphatic rings. The number of aromatic hydroxyl groups is 2. The maximum Gasteiger partial charge on any atom is 0.137 e. The Morgan fingerprint density at radius 1 is 1.08 bits per heavy atom. The third-order valence-electron chi connectivity index (χ3n) is 5.17. The molecule has 1 fully saturated rings. The Morgan fingerprint density at radius 3 is 2.65 bits per heavy atom. The molecule has 0 unspecified atom stereocenters. The molecule has 0 saturated carbocycles. The normalized spacial score (nSPS) is 18.8. The van der Waals surface area contributed by atoms with E-state index in [0.717, 1.165) is 70.2 Å². The van der Waals surface area contributed by atoms with Crippen molar-refractivity contribution in [2.45, 2.75) is 13.0 Å². The number of aromatic nitrogens is 2. The number of H-pyrrole nitrogens is 1. The van der Waals surface area contributed by atoms with E-state index in [-0.39, 0.29) is 16.5 Å². The lowest BCUT2D eigenvalue weighted by molar-refractivity contribution is 0.0327. The topological polar surface area (TPSA) is 84.8 Å². The van der Waals surface area contributed by atoms with Gasteiger partial charge in [-0.05, 0) is 6.07 Å². The van der Waals surface area contributed by atoms with Crippen LogP contribution >= 0.6 is 11.6 Å². The smallest absolute Gasteiger partial charge is 0.137 e. The zero-order valence-electron chi connectivity index (χ0n) is 14.5. The number of halogens is 1. The average molecular weight is 379 g/mol. The van der Waals surface area contributed by atoms with Gasteiger partial charge in [0.2, 0.25) is 0 Å². The highest BCUT2D eigenvalue weighted by Crippen LogP contribution is 2.39. The first kappa shape index (κ1) is 17.6. The third-order valence-corrected chi connectivity index (χ3v) is 5.47. The minimum atomic E-state index is -0.135. The first-order chi connectivity index (χ1) is 12.6. The standard InChI is InChI=1S/C18H23ClN4O3/c19-14-9-12(16(24)10-17(14)25)18-13-11-23(2-1-15(13)20-21-18)4-3-22-5-7-26-8-6-22/h9-10,24-25H,1-8,11H2,(H,20,21). The van der Waals surface area contributed by atoms with E-state index >= 15 is 0 Å². The number of phenolic OH excluding ortho intramolecular Hbond substituents is 2. The first-order valence-electron chi connectivity index (χ1n) is 8.92. The second-order valence-corrected chi connectivity index (χ2v) is 7.24. The van der Waals surface area contributed by atoms with Gasteiger partial charge in [-0.3, -0.25) is 14.9 Å². The number of phenols is 2. The molecular weight excluding hydrogens is 356 g/mol. The van der Waals surface area contributed by atoms with Crippen molar-refractivity contribution in [3.05, 3.63) is 28.4 Å². The van der Waals surface area contributed by atoms with Gasteiger partial charge >= 0.3 is 0 Å². The maximum absolute atomic E-state index is 10.2. The number of hydrogen-bond donors (Lipinski definition) is 3. The number of rotatable bonds is 4. The highest BCUT2D eigenvalue weighted by atomic mass is 35.5. The van der Waals surface area contributed by atoms with Crippen LogP contribution in [0, 0.1) is 0 Å². The Hall–Kier alpha value is -1.80. The molecule has 8 heteroatoms. The van der Waals surface area contributed by atoms with Crippen molar-refractivity contribution in [3.63, 3.8) is 0 Å². The van der Waals surface area contributed by atoms with Gasteiger partial charge in [-0.2, -0.15) is 5.10 Å². The highest BCUT2D eigenvalue weighted by Gasteiger charge is 2.25. The molecule has 1 saturated heterocycles. The molecule has 0 spiro atoms. The molecule has 0 bridgehead atoms. The number of ether oxygens (including phenoxy) is 1. The summed E-state index contributed by atoms with van der Waals surface area (Å²) in [5.74, 6) is -0.156.